The molecule has 0 spiro atoms. The Kier molecular flexibility index (Phi) is 6.63. The van der Waals surface area contributed by atoms with Crippen LogP contribution in [0.25, 0.3) is 0 Å². The van der Waals surface area contributed by atoms with Gasteiger partial charge in [0.2, 0.25) is 5.88 Å². The first-order valence-electron chi connectivity index (χ1n) is 6.62. The molecular formula is C14H24N2O. The molecular weight excluding hydrogens is 212 g/mol. The van der Waals surface area contributed by atoms with E-state index in [1.165, 1.54) is 12.8 Å². The van der Waals surface area contributed by atoms with Gasteiger partial charge in [-0.15, -0.1) is 0 Å². The van der Waals surface area contributed by atoms with Gasteiger partial charge in [0.05, 0.1) is 6.61 Å². The molecule has 3 nitrogen and oxygen atoms in total. The van der Waals surface area contributed by atoms with Gasteiger partial charge in [0, 0.05) is 11.8 Å². The van der Waals surface area contributed by atoms with E-state index in [1.54, 1.807) is 0 Å². The van der Waals surface area contributed by atoms with Crippen LogP contribution in [0.3, 0.4) is 0 Å². The van der Waals surface area contributed by atoms with E-state index < -0.39 is 0 Å². The molecule has 0 aromatic carbocycles. The maximum atomic E-state index is 5.69. The Morgan fingerprint density at radius 1 is 1.29 bits per heavy atom. The Morgan fingerprint density at radius 2 is 2.00 bits per heavy atom. The molecule has 1 fully saturated rings. The number of aryl methyl sites for hydroxylation is 1. The van der Waals surface area contributed by atoms with Crippen molar-refractivity contribution in [3.05, 3.63) is 23.9 Å². The van der Waals surface area contributed by atoms with Gasteiger partial charge in [0.15, 0.2) is 0 Å². The third kappa shape index (κ3) is 5.18. The van der Waals surface area contributed by atoms with Crippen molar-refractivity contribution in [1.82, 2.24) is 10.3 Å². The van der Waals surface area contributed by atoms with Crippen molar-refractivity contribution in [2.75, 3.05) is 19.7 Å². The summed E-state index contributed by atoms with van der Waals surface area (Å²) in [6, 6.07) is 5.89. The lowest BCUT2D eigenvalue weighted by atomic mass is 9.99. The van der Waals surface area contributed by atoms with Crippen LogP contribution in [0.5, 0.6) is 5.88 Å². The summed E-state index contributed by atoms with van der Waals surface area (Å²) < 4.78 is 5.69. The Balaban J connectivity index is 0.000000686. The van der Waals surface area contributed by atoms with Crippen molar-refractivity contribution in [1.29, 1.82) is 0 Å². The smallest absolute Gasteiger partial charge is 0.213 e. The van der Waals surface area contributed by atoms with E-state index in [0.29, 0.717) is 5.92 Å². The molecule has 2 rings (SSSR count). The minimum Gasteiger partial charge on any atom is -0.477 e. The number of ether oxygens (including phenoxy) is 1. The van der Waals surface area contributed by atoms with Gasteiger partial charge in [0.1, 0.15) is 0 Å². The molecule has 0 aliphatic carbocycles. The fraction of sp³-hybridized carbons (Fsp3) is 0.643. The number of hydrogen-bond donors (Lipinski definition) is 1. The first-order chi connectivity index (χ1) is 8.34. The average molecular weight is 236 g/mol. The highest BCUT2D eigenvalue weighted by atomic mass is 16.5. The normalized spacial score (nSPS) is 15.9. The predicted octanol–water partition coefficient (Wildman–Crippen LogP) is 2.79. The SMILES string of the molecule is CC.Cc1cccc(OCC2CCNCC2)n1. The second-order valence-corrected chi connectivity index (χ2v) is 4.12. The van der Waals surface area contributed by atoms with E-state index in [9.17, 15) is 0 Å². The number of nitrogens with one attached hydrogen (secondary N) is 1. The number of aromatic nitrogens is 1. The van der Waals surface area contributed by atoms with Crippen molar-refractivity contribution in [2.24, 2.45) is 5.92 Å². The predicted molar refractivity (Wildman–Crippen MR) is 71.4 cm³/mol. The van der Waals surface area contributed by atoms with Crippen LogP contribution in [0.1, 0.15) is 32.4 Å². The monoisotopic (exact) mass is 236 g/mol. The summed E-state index contributed by atoms with van der Waals surface area (Å²) in [5, 5.41) is 3.35. The summed E-state index contributed by atoms with van der Waals surface area (Å²) in [5.41, 5.74) is 1.01. The van der Waals surface area contributed by atoms with E-state index >= 15 is 0 Å². The molecule has 3 heteroatoms. The highest BCUT2D eigenvalue weighted by Gasteiger charge is 2.13. The second kappa shape index (κ2) is 8.07. The van der Waals surface area contributed by atoms with Crippen molar-refractivity contribution >= 4 is 0 Å². The van der Waals surface area contributed by atoms with Gasteiger partial charge in [-0.3, -0.25) is 0 Å². The number of rotatable bonds is 3. The van der Waals surface area contributed by atoms with Crippen LogP contribution in [0.15, 0.2) is 18.2 Å². The molecule has 0 radical (unpaired) electrons. The van der Waals surface area contributed by atoms with Crippen LogP contribution < -0.4 is 10.1 Å². The summed E-state index contributed by atoms with van der Waals surface area (Å²) in [6.07, 6.45) is 2.43. The number of hydrogen-bond acceptors (Lipinski definition) is 3. The molecule has 0 saturated carbocycles. The molecule has 1 N–H and O–H groups in total. The lowest BCUT2D eigenvalue weighted by molar-refractivity contribution is 0.208. The minimum atomic E-state index is 0.688. The molecule has 0 atom stereocenters. The average Bonchev–Trinajstić information content (AvgIpc) is 2.40. The van der Waals surface area contributed by atoms with Crippen LogP contribution in [0.2, 0.25) is 0 Å². The van der Waals surface area contributed by atoms with Crippen LogP contribution in [0, 0.1) is 12.8 Å². The molecule has 96 valence electrons. The topological polar surface area (TPSA) is 34.1 Å². The van der Waals surface area contributed by atoms with Crippen molar-refractivity contribution in [3.63, 3.8) is 0 Å². The number of nitrogens with zero attached hydrogens (tertiary/aromatic N) is 1. The van der Waals surface area contributed by atoms with E-state index in [4.69, 9.17) is 4.74 Å². The van der Waals surface area contributed by atoms with Gasteiger partial charge in [-0.1, -0.05) is 19.9 Å². The van der Waals surface area contributed by atoms with E-state index in [1.807, 2.05) is 39.0 Å². The number of piperidine rings is 1. The first kappa shape index (κ1) is 14.0. The van der Waals surface area contributed by atoms with Crippen LogP contribution in [0.4, 0.5) is 0 Å². The van der Waals surface area contributed by atoms with Crippen LogP contribution in [-0.4, -0.2) is 24.7 Å². The Hall–Kier alpha value is -1.09. The van der Waals surface area contributed by atoms with Crippen molar-refractivity contribution in [2.45, 2.75) is 33.6 Å². The zero-order valence-electron chi connectivity index (χ0n) is 11.2. The third-order valence-corrected chi connectivity index (χ3v) is 2.79. The van der Waals surface area contributed by atoms with Gasteiger partial charge in [-0.05, 0) is 44.8 Å². The molecule has 2 heterocycles. The lowest BCUT2D eigenvalue weighted by Crippen LogP contribution is -2.30. The highest BCUT2D eigenvalue weighted by Crippen LogP contribution is 2.14. The molecule has 0 bridgehead atoms. The van der Waals surface area contributed by atoms with Gasteiger partial charge in [-0.25, -0.2) is 4.98 Å². The van der Waals surface area contributed by atoms with E-state index in [0.717, 1.165) is 31.3 Å². The standard InChI is InChI=1S/C12H18N2O.C2H6/c1-10-3-2-4-12(14-10)15-9-11-5-7-13-8-6-11;1-2/h2-4,11,13H,5-9H2,1H3;1-2H3. The largest absolute Gasteiger partial charge is 0.477 e. The molecule has 1 aromatic rings. The fourth-order valence-electron chi connectivity index (χ4n) is 1.85. The molecule has 1 aliphatic rings. The summed E-state index contributed by atoms with van der Waals surface area (Å²) in [4.78, 5) is 4.32. The molecule has 1 aromatic heterocycles. The quantitative estimate of drug-likeness (QED) is 0.876. The minimum absolute atomic E-state index is 0.688. The van der Waals surface area contributed by atoms with Gasteiger partial charge < -0.3 is 10.1 Å². The Labute approximate surface area is 105 Å². The Bertz CT molecular complexity index is 309. The second-order valence-electron chi connectivity index (χ2n) is 4.12. The van der Waals surface area contributed by atoms with E-state index in [2.05, 4.69) is 10.3 Å². The maximum absolute atomic E-state index is 5.69. The molecule has 0 amide bonds. The molecule has 1 saturated heterocycles. The summed E-state index contributed by atoms with van der Waals surface area (Å²) >= 11 is 0. The third-order valence-electron chi connectivity index (χ3n) is 2.79. The summed E-state index contributed by atoms with van der Waals surface area (Å²) in [6.45, 7) is 9.03. The Morgan fingerprint density at radius 3 is 2.65 bits per heavy atom. The summed E-state index contributed by atoms with van der Waals surface area (Å²) in [5.74, 6) is 1.45. The van der Waals surface area contributed by atoms with Gasteiger partial charge in [0.25, 0.3) is 0 Å². The maximum Gasteiger partial charge on any atom is 0.213 e. The zero-order valence-corrected chi connectivity index (χ0v) is 11.2. The lowest BCUT2D eigenvalue weighted by Gasteiger charge is -2.22. The highest BCUT2D eigenvalue weighted by molar-refractivity contribution is 5.14. The first-order valence-corrected chi connectivity index (χ1v) is 6.62. The zero-order chi connectivity index (χ0) is 12.5. The van der Waals surface area contributed by atoms with Crippen molar-refractivity contribution in [3.8, 4) is 5.88 Å². The molecule has 1 aliphatic heterocycles. The fourth-order valence-corrected chi connectivity index (χ4v) is 1.85. The van der Waals surface area contributed by atoms with Crippen molar-refractivity contribution < 1.29 is 4.74 Å². The van der Waals surface area contributed by atoms with Crippen LogP contribution >= 0.6 is 0 Å². The summed E-state index contributed by atoms with van der Waals surface area (Å²) in [7, 11) is 0. The van der Waals surface area contributed by atoms with Gasteiger partial charge >= 0.3 is 0 Å². The van der Waals surface area contributed by atoms with Crippen LogP contribution in [-0.2, 0) is 0 Å². The number of pyridine rings is 1. The molecule has 17 heavy (non-hydrogen) atoms. The van der Waals surface area contributed by atoms with Gasteiger partial charge in [-0.2, -0.15) is 0 Å². The molecule has 0 unspecified atom stereocenters. The van der Waals surface area contributed by atoms with E-state index in [-0.39, 0.29) is 0 Å².